The van der Waals surface area contributed by atoms with Crippen molar-refractivity contribution in [3.8, 4) is 0 Å². The zero-order chi connectivity index (χ0) is 63.8. The second-order valence-electron chi connectivity index (χ2n) is 21.5. The molecular weight excluding hydrogens is 1150 g/mol. The maximum absolute atomic E-state index is 12.9. The van der Waals surface area contributed by atoms with Gasteiger partial charge in [-0.3, -0.25) is 32.5 Å². The van der Waals surface area contributed by atoms with Gasteiger partial charge in [-0.1, -0.05) is 245 Å². The monoisotopic (exact) mass is 1260 g/mol. The number of carbonyl (C=O) groups is 3. The van der Waals surface area contributed by atoms with Crippen LogP contribution in [0.3, 0.4) is 0 Å². The second-order valence-corrected chi connectivity index (χ2v) is 24.4. The second kappa shape index (κ2) is 62.2. The molecule has 0 aliphatic carbocycles. The average molecular weight is 1260 g/mol. The molecule has 0 radical (unpaired) electrons. The van der Waals surface area contributed by atoms with E-state index in [1.807, 2.05) is 18.2 Å². The van der Waals surface area contributed by atoms with Gasteiger partial charge in [-0.2, -0.15) is 0 Å². The minimum Gasteiger partial charge on any atom is -0.463 e. The molecule has 5 unspecified atom stereocenters. The van der Waals surface area contributed by atoms with Gasteiger partial charge in [0, 0.05) is 19.3 Å². The normalized spacial score (nSPS) is 15.1. The summed E-state index contributed by atoms with van der Waals surface area (Å²) < 4.78 is 60.7. The van der Waals surface area contributed by atoms with E-state index in [0.717, 1.165) is 122 Å². The molecule has 0 bridgehead atoms. The molecule has 0 aromatic rings. The molecule has 0 fully saturated rings. The van der Waals surface area contributed by atoms with Crippen molar-refractivity contribution in [2.24, 2.45) is 0 Å². The quantitative estimate of drug-likeness (QED) is 0.0146. The van der Waals surface area contributed by atoms with Crippen molar-refractivity contribution in [1.29, 1.82) is 0 Å². The lowest BCUT2D eigenvalue weighted by atomic mass is 10.0. The number of allylic oxidation sites excluding steroid dienone is 20. The van der Waals surface area contributed by atoms with E-state index in [9.17, 15) is 43.5 Å². The third kappa shape index (κ3) is 63.3. The third-order valence-corrected chi connectivity index (χ3v) is 15.1. The summed E-state index contributed by atoms with van der Waals surface area (Å²) in [7, 11) is -9.80. The van der Waals surface area contributed by atoms with Gasteiger partial charge in [0.15, 0.2) is 6.10 Å². The van der Waals surface area contributed by atoms with Crippen molar-refractivity contribution in [2.45, 2.75) is 257 Å². The fraction of sp³-hybridized carbons (Fsp3) is 0.667. The van der Waals surface area contributed by atoms with E-state index in [2.05, 4.69) is 124 Å². The Kier molecular flexibility index (Phi) is 59.3. The molecule has 0 aliphatic rings. The maximum atomic E-state index is 12.9. The Morgan fingerprint density at radius 3 is 1.03 bits per heavy atom. The number of aliphatic hydroxyl groups is 2. The number of aliphatic hydroxyl groups excluding tert-OH is 2. The number of ether oxygens (including phenoxy) is 3. The fourth-order valence-corrected chi connectivity index (χ4v) is 9.82. The van der Waals surface area contributed by atoms with Gasteiger partial charge in [0.05, 0.1) is 26.4 Å². The van der Waals surface area contributed by atoms with Crippen LogP contribution in [0.4, 0.5) is 0 Å². The molecule has 4 N–H and O–H groups in total. The summed E-state index contributed by atoms with van der Waals surface area (Å²) in [6.45, 7) is 2.32. The highest BCUT2D eigenvalue weighted by Crippen LogP contribution is 2.45. The van der Waals surface area contributed by atoms with Gasteiger partial charge in [-0.05, 0) is 96.3 Å². The van der Waals surface area contributed by atoms with Crippen LogP contribution >= 0.6 is 15.6 Å². The van der Waals surface area contributed by atoms with Gasteiger partial charge in [0.2, 0.25) is 0 Å². The summed E-state index contributed by atoms with van der Waals surface area (Å²) in [5, 5.41) is 20.5. The van der Waals surface area contributed by atoms with E-state index in [1.165, 1.54) is 51.4 Å². The van der Waals surface area contributed by atoms with Crippen LogP contribution in [0.1, 0.15) is 239 Å². The molecule has 0 spiro atoms. The Morgan fingerprint density at radius 1 is 0.333 bits per heavy atom. The summed E-state index contributed by atoms with van der Waals surface area (Å²) >= 11 is 0. The molecular formula is C69H116O16P2. The standard InChI is InChI=1S/C69H116O16P2/c1-4-7-10-13-16-19-22-25-27-29-31-33-35-38-40-43-46-49-52-55-67(72)79-58-64(70)59-81-86(75,76)82-60-65(71)61-83-87(77,78)84-63-66(85-69(74)57-54-51-48-45-42-37-24-21-18-15-12-9-6-3)62-80-68(73)56-53-50-47-44-41-39-36-34-32-30-28-26-23-20-17-14-11-8-5-2/h7-8,10-11,16-17,19-20,25-28,31-34,38,40,46,49,64-66,70-71H,4-6,9,12-15,18,21-24,29-30,35-37,39,41-45,47-48,50-63H2,1-3H3,(H,75,76)(H,77,78)/b10-7-,11-8-,19-16-,20-17-,27-25-,28-26-,33-31-,34-32-,40-38-,49-46-. The van der Waals surface area contributed by atoms with Crippen molar-refractivity contribution >= 4 is 33.6 Å². The van der Waals surface area contributed by atoms with Crippen LogP contribution < -0.4 is 0 Å². The van der Waals surface area contributed by atoms with Gasteiger partial charge < -0.3 is 34.2 Å². The SMILES string of the molecule is CC/C=C\C/C=C\C/C=C\C/C=C\C/C=C\C/C=C\CCC(=O)OCC(O)COP(=O)(O)OCC(O)COP(=O)(O)OCC(COC(=O)CCCCCCCC/C=C\C/C=C\C/C=C\C/C=C\CC)OC(=O)CCCCCCCCCCCCCCC. The number of unbranched alkanes of at least 4 members (excludes halogenated alkanes) is 18. The Bertz CT molecular complexity index is 2070. The average Bonchev–Trinajstić information content (AvgIpc) is 3.63. The topological polar surface area (TPSA) is 231 Å². The summed E-state index contributed by atoms with van der Waals surface area (Å²) in [4.78, 5) is 58.2. The van der Waals surface area contributed by atoms with Crippen LogP contribution in [-0.2, 0) is 55.8 Å². The van der Waals surface area contributed by atoms with E-state index in [1.54, 1.807) is 0 Å². The lowest BCUT2D eigenvalue weighted by Crippen LogP contribution is -2.30. The molecule has 0 rings (SSSR count). The minimum atomic E-state index is -4.93. The van der Waals surface area contributed by atoms with Gasteiger partial charge in [0.1, 0.15) is 25.4 Å². The van der Waals surface area contributed by atoms with E-state index in [0.29, 0.717) is 25.7 Å². The smallest absolute Gasteiger partial charge is 0.463 e. The van der Waals surface area contributed by atoms with E-state index < -0.39 is 91.5 Å². The number of esters is 3. The molecule has 0 saturated heterocycles. The van der Waals surface area contributed by atoms with Crippen LogP contribution in [0.2, 0.25) is 0 Å². The van der Waals surface area contributed by atoms with Crippen molar-refractivity contribution in [2.75, 3.05) is 39.6 Å². The van der Waals surface area contributed by atoms with Crippen LogP contribution in [0.25, 0.3) is 0 Å². The van der Waals surface area contributed by atoms with Crippen molar-refractivity contribution in [1.82, 2.24) is 0 Å². The number of hydrogen-bond acceptors (Lipinski definition) is 14. The first-order chi connectivity index (χ1) is 42.2. The first kappa shape index (κ1) is 83.0. The third-order valence-electron chi connectivity index (χ3n) is 13.2. The van der Waals surface area contributed by atoms with Crippen molar-refractivity contribution in [3.05, 3.63) is 122 Å². The molecule has 18 heteroatoms. The Hall–Kier alpha value is -4.05. The maximum Gasteiger partial charge on any atom is 0.472 e. The summed E-state index contributed by atoms with van der Waals surface area (Å²) in [6.07, 6.45) is 69.8. The zero-order valence-corrected chi connectivity index (χ0v) is 55.4. The molecule has 16 nitrogen and oxygen atoms in total. The highest BCUT2D eigenvalue weighted by atomic mass is 31.2. The van der Waals surface area contributed by atoms with Gasteiger partial charge in [-0.15, -0.1) is 0 Å². The predicted octanol–water partition coefficient (Wildman–Crippen LogP) is 17.9. The molecule has 0 aliphatic heterocycles. The largest absolute Gasteiger partial charge is 0.472 e. The lowest BCUT2D eigenvalue weighted by Gasteiger charge is -2.21. The molecule has 0 heterocycles. The van der Waals surface area contributed by atoms with Gasteiger partial charge >= 0.3 is 33.6 Å². The van der Waals surface area contributed by atoms with E-state index in [-0.39, 0.29) is 19.3 Å². The van der Waals surface area contributed by atoms with Crippen molar-refractivity contribution < 1.29 is 75.8 Å². The van der Waals surface area contributed by atoms with Crippen LogP contribution in [-0.4, -0.2) is 95.9 Å². The highest BCUT2D eigenvalue weighted by molar-refractivity contribution is 7.47. The van der Waals surface area contributed by atoms with E-state index in [4.69, 9.17) is 32.3 Å². The van der Waals surface area contributed by atoms with Crippen molar-refractivity contribution in [3.63, 3.8) is 0 Å². The number of phosphoric acid groups is 2. The highest BCUT2D eigenvalue weighted by Gasteiger charge is 2.29. The Morgan fingerprint density at radius 2 is 0.632 bits per heavy atom. The molecule has 0 aromatic carbocycles. The number of rotatable bonds is 61. The summed E-state index contributed by atoms with van der Waals surface area (Å²) in [6, 6.07) is 0. The van der Waals surface area contributed by atoms with Gasteiger partial charge in [0.25, 0.3) is 0 Å². The van der Waals surface area contributed by atoms with Crippen LogP contribution in [0.5, 0.6) is 0 Å². The summed E-state index contributed by atoms with van der Waals surface area (Å²) in [5.41, 5.74) is 0. The number of carbonyl (C=O) groups excluding carboxylic acids is 3. The molecule has 498 valence electrons. The minimum absolute atomic E-state index is 0.0578. The Balaban J connectivity index is 4.74. The zero-order valence-electron chi connectivity index (χ0n) is 53.6. The van der Waals surface area contributed by atoms with E-state index >= 15 is 0 Å². The predicted molar refractivity (Wildman–Crippen MR) is 353 cm³/mol. The Labute approximate surface area is 525 Å². The summed E-state index contributed by atoms with van der Waals surface area (Å²) in [5.74, 6) is -1.68. The van der Waals surface area contributed by atoms with Crippen LogP contribution in [0, 0.1) is 0 Å². The first-order valence-corrected chi connectivity index (χ1v) is 35.8. The molecule has 5 atom stereocenters. The molecule has 87 heavy (non-hydrogen) atoms. The first-order valence-electron chi connectivity index (χ1n) is 32.8. The molecule has 0 aromatic heterocycles. The van der Waals surface area contributed by atoms with Crippen LogP contribution in [0.15, 0.2) is 122 Å². The molecule has 0 amide bonds. The lowest BCUT2D eigenvalue weighted by molar-refractivity contribution is -0.161. The molecule has 0 saturated carbocycles. The number of phosphoric ester groups is 2. The van der Waals surface area contributed by atoms with Gasteiger partial charge in [-0.25, -0.2) is 9.13 Å². The fourth-order valence-electron chi connectivity index (χ4n) is 8.23. The number of hydrogen-bond donors (Lipinski definition) is 4.